The summed E-state index contributed by atoms with van der Waals surface area (Å²) in [6, 6.07) is 4.98. The number of likely N-dealkylation sites (tertiary alicyclic amines) is 1. The molecule has 0 spiro atoms. The maximum atomic E-state index is 14.7. The molecule has 43 heavy (non-hydrogen) atoms. The van der Waals surface area contributed by atoms with E-state index in [9.17, 15) is 23.9 Å². The first-order valence-electron chi connectivity index (χ1n) is 14.4. The van der Waals surface area contributed by atoms with E-state index < -0.39 is 35.3 Å². The Bertz CT molecular complexity index is 1770. The minimum Gasteiger partial charge on any atom is -0.496 e. The molecule has 13 heteroatoms. The average Bonchev–Trinajstić information content (AvgIpc) is 3.72. The molecule has 0 bridgehead atoms. The number of methoxy groups -OCH3 is 1. The van der Waals surface area contributed by atoms with Crippen molar-refractivity contribution in [1.29, 1.82) is 0 Å². The lowest BCUT2D eigenvalue weighted by Gasteiger charge is -2.31. The van der Waals surface area contributed by atoms with Crippen LogP contribution in [0.5, 0.6) is 5.75 Å². The maximum absolute atomic E-state index is 14.7. The van der Waals surface area contributed by atoms with Gasteiger partial charge < -0.3 is 19.5 Å². The van der Waals surface area contributed by atoms with E-state index in [0.29, 0.717) is 70.7 Å². The summed E-state index contributed by atoms with van der Waals surface area (Å²) < 4.78 is 31.0. The number of carbonyl (C=O) groups is 1. The monoisotopic (exact) mass is 611 g/mol. The molecule has 4 aromatic rings. The van der Waals surface area contributed by atoms with Crippen LogP contribution in [0, 0.1) is 12.7 Å². The van der Waals surface area contributed by atoms with Gasteiger partial charge in [0.15, 0.2) is 0 Å². The van der Waals surface area contributed by atoms with E-state index in [2.05, 4.69) is 5.10 Å². The summed E-state index contributed by atoms with van der Waals surface area (Å²) in [6.07, 6.45) is 4.58. The molecule has 2 atom stereocenters. The zero-order valence-electron chi connectivity index (χ0n) is 24.2. The standard InChI is InChI=1S/C30H34FN5O6S/c1-17-25-27(39)36(22-11-14-33(2)26(22)38)30(40)34(29(25)43-28(17)35-13-4-12-32-35)16-24(42-20-8-6-19(37)7-9-20)21-15-18(31)5-10-23(21)41-3/h4-5,10,12-13,15,19-20,22,24,37H,6-9,11,14,16H2,1-3H3/t19-,20+,22-,24+/m1/s1. The Labute approximate surface area is 250 Å². The van der Waals surface area contributed by atoms with Crippen LogP contribution in [0.1, 0.15) is 55.4 Å². The van der Waals surface area contributed by atoms with E-state index in [0.717, 1.165) is 4.57 Å². The summed E-state index contributed by atoms with van der Waals surface area (Å²) in [4.78, 5) is 43.4. The molecule has 1 saturated carbocycles. The number of aliphatic hydroxyl groups is 1. The van der Waals surface area contributed by atoms with Gasteiger partial charge in [-0.15, -0.1) is 0 Å². The third kappa shape index (κ3) is 5.30. The number of halogens is 1. The lowest BCUT2D eigenvalue weighted by Crippen LogP contribution is -2.45. The SMILES string of the molecule is COc1ccc(F)cc1[C@H](Cn1c(=O)n([C@@H]2CCN(C)C2=O)c(=O)c2c(C)c(-n3cccn3)sc21)O[C@H]1CC[C@@H](O)CC1. The van der Waals surface area contributed by atoms with Gasteiger partial charge in [-0.1, -0.05) is 11.3 Å². The number of benzene rings is 1. The Morgan fingerprint density at radius 2 is 1.93 bits per heavy atom. The van der Waals surface area contributed by atoms with E-state index in [4.69, 9.17) is 9.47 Å². The Hall–Kier alpha value is -3.81. The van der Waals surface area contributed by atoms with Crippen LogP contribution in [-0.2, 0) is 16.1 Å². The molecule has 1 saturated heterocycles. The summed E-state index contributed by atoms with van der Waals surface area (Å²) in [5, 5.41) is 15.4. The molecule has 1 aliphatic heterocycles. The number of aryl methyl sites for hydroxylation is 1. The second-order valence-electron chi connectivity index (χ2n) is 11.2. The normalized spacial score (nSPS) is 21.6. The smallest absolute Gasteiger partial charge is 0.332 e. The Kier molecular flexibility index (Phi) is 7.96. The van der Waals surface area contributed by atoms with E-state index in [-0.39, 0.29) is 18.6 Å². The van der Waals surface area contributed by atoms with Gasteiger partial charge in [0.25, 0.3) is 5.56 Å². The minimum absolute atomic E-state index is 0.0657. The number of likely N-dealkylation sites (N-methyl/N-ethyl adjacent to an activating group) is 1. The first-order chi connectivity index (χ1) is 20.7. The quantitative estimate of drug-likeness (QED) is 0.325. The van der Waals surface area contributed by atoms with Crippen molar-refractivity contribution in [2.24, 2.45) is 0 Å². The predicted octanol–water partition coefficient (Wildman–Crippen LogP) is 3.33. The van der Waals surface area contributed by atoms with Gasteiger partial charge in [0.1, 0.15) is 33.5 Å². The van der Waals surface area contributed by atoms with Crippen LogP contribution >= 0.6 is 11.3 Å². The highest BCUT2D eigenvalue weighted by atomic mass is 32.1. The molecular weight excluding hydrogens is 577 g/mol. The average molecular weight is 612 g/mol. The Balaban J connectivity index is 1.55. The predicted molar refractivity (Wildman–Crippen MR) is 159 cm³/mol. The molecular formula is C30H34FN5O6S. The van der Waals surface area contributed by atoms with Crippen molar-refractivity contribution in [1.82, 2.24) is 23.8 Å². The number of hydrogen-bond donors (Lipinski definition) is 1. The van der Waals surface area contributed by atoms with E-state index in [1.54, 1.807) is 37.1 Å². The van der Waals surface area contributed by atoms with Gasteiger partial charge >= 0.3 is 5.69 Å². The van der Waals surface area contributed by atoms with Gasteiger partial charge in [0.2, 0.25) is 5.91 Å². The van der Waals surface area contributed by atoms with Gasteiger partial charge in [-0.25, -0.2) is 18.4 Å². The second-order valence-corrected chi connectivity index (χ2v) is 12.2. The molecule has 3 aromatic heterocycles. The molecule has 0 unspecified atom stereocenters. The summed E-state index contributed by atoms with van der Waals surface area (Å²) in [7, 11) is 3.13. The Morgan fingerprint density at radius 3 is 2.58 bits per heavy atom. The third-order valence-corrected chi connectivity index (χ3v) is 9.83. The van der Waals surface area contributed by atoms with Crippen molar-refractivity contribution in [3.8, 4) is 10.8 Å². The molecule has 228 valence electrons. The van der Waals surface area contributed by atoms with Crippen molar-refractivity contribution in [2.75, 3.05) is 20.7 Å². The zero-order chi connectivity index (χ0) is 30.4. The minimum atomic E-state index is -0.934. The molecule has 11 nitrogen and oxygen atoms in total. The second kappa shape index (κ2) is 11.7. The largest absolute Gasteiger partial charge is 0.496 e. The van der Waals surface area contributed by atoms with E-state index >= 15 is 0 Å². The number of aromatic nitrogens is 4. The fraction of sp³-hybridized carbons (Fsp3) is 0.467. The van der Waals surface area contributed by atoms with E-state index in [1.165, 1.54) is 46.1 Å². The summed E-state index contributed by atoms with van der Waals surface area (Å²) in [5.74, 6) is -0.392. The molecule has 1 amide bonds. The molecule has 1 aromatic carbocycles. The highest BCUT2D eigenvalue weighted by molar-refractivity contribution is 7.21. The molecule has 4 heterocycles. The van der Waals surface area contributed by atoms with Crippen molar-refractivity contribution < 1.29 is 23.8 Å². The van der Waals surface area contributed by atoms with Crippen LogP contribution in [0.3, 0.4) is 0 Å². The molecule has 2 fully saturated rings. The van der Waals surface area contributed by atoms with Crippen LogP contribution in [0.25, 0.3) is 15.2 Å². The number of nitrogens with zero attached hydrogens (tertiary/aromatic N) is 5. The number of ether oxygens (including phenoxy) is 2. The number of thiophene rings is 1. The summed E-state index contributed by atoms with van der Waals surface area (Å²) >= 11 is 1.25. The van der Waals surface area contributed by atoms with Crippen molar-refractivity contribution in [3.05, 3.63) is 74.4 Å². The van der Waals surface area contributed by atoms with Gasteiger partial charge in [-0.2, -0.15) is 5.10 Å². The molecule has 1 N–H and O–H groups in total. The van der Waals surface area contributed by atoms with Crippen LogP contribution in [0.4, 0.5) is 4.39 Å². The highest BCUT2D eigenvalue weighted by Crippen LogP contribution is 2.36. The third-order valence-electron chi connectivity index (χ3n) is 8.53. The fourth-order valence-electron chi connectivity index (χ4n) is 6.19. The first kappa shape index (κ1) is 29.3. The number of amides is 1. The fourth-order valence-corrected chi connectivity index (χ4v) is 7.44. The van der Waals surface area contributed by atoms with Crippen LogP contribution in [0.2, 0.25) is 0 Å². The topological polar surface area (TPSA) is 121 Å². The Morgan fingerprint density at radius 1 is 1.16 bits per heavy atom. The van der Waals surface area contributed by atoms with Gasteiger partial charge in [0, 0.05) is 37.1 Å². The molecule has 0 radical (unpaired) electrons. The molecule has 1 aliphatic carbocycles. The van der Waals surface area contributed by atoms with Crippen LogP contribution in [-0.4, -0.2) is 67.7 Å². The van der Waals surface area contributed by atoms with E-state index in [1.807, 2.05) is 0 Å². The van der Waals surface area contributed by atoms with Gasteiger partial charge in [-0.05, 0) is 63.3 Å². The van der Waals surface area contributed by atoms with Gasteiger partial charge in [0.05, 0.1) is 31.2 Å². The van der Waals surface area contributed by atoms with Gasteiger partial charge in [-0.3, -0.25) is 14.2 Å². The number of carbonyl (C=O) groups excluding carboxylic acids is 1. The number of fused-ring (bicyclic) bond motifs is 1. The van der Waals surface area contributed by atoms with Crippen molar-refractivity contribution >= 4 is 27.5 Å². The molecule has 2 aliphatic rings. The first-order valence-corrected chi connectivity index (χ1v) is 15.2. The number of hydrogen-bond acceptors (Lipinski definition) is 8. The lowest BCUT2D eigenvalue weighted by atomic mass is 9.94. The number of aliphatic hydroxyl groups excluding tert-OH is 1. The zero-order valence-corrected chi connectivity index (χ0v) is 25.1. The van der Waals surface area contributed by atoms with Crippen LogP contribution < -0.4 is 16.0 Å². The van der Waals surface area contributed by atoms with Crippen LogP contribution in [0.15, 0.2) is 46.2 Å². The summed E-state index contributed by atoms with van der Waals surface area (Å²) in [6.45, 7) is 2.16. The lowest BCUT2D eigenvalue weighted by molar-refractivity contribution is -0.129. The van der Waals surface area contributed by atoms with Crippen molar-refractivity contribution in [3.63, 3.8) is 0 Å². The summed E-state index contributed by atoms with van der Waals surface area (Å²) in [5.41, 5.74) is -0.109. The number of rotatable bonds is 8. The maximum Gasteiger partial charge on any atom is 0.332 e. The highest BCUT2D eigenvalue weighted by Gasteiger charge is 2.36. The van der Waals surface area contributed by atoms with Crippen molar-refractivity contribution in [2.45, 2.75) is 69.9 Å². The molecule has 6 rings (SSSR count).